The number of hydrogen-bond acceptors (Lipinski definition) is 2. The Bertz CT molecular complexity index is 468. The maximum absolute atomic E-state index is 12.3. The van der Waals surface area contributed by atoms with Crippen molar-refractivity contribution in [3.05, 3.63) is 24.0 Å². The molecule has 0 fully saturated rings. The molecule has 0 spiro atoms. The quantitative estimate of drug-likeness (QED) is 0.889. The van der Waals surface area contributed by atoms with Crippen molar-refractivity contribution in [1.82, 2.24) is 9.47 Å². The number of aromatic nitrogens is 1. The van der Waals surface area contributed by atoms with E-state index >= 15 is 0 Å². The van der Waals surface area contributed by atoms with Gasteiger partial charge in [0.1, 0.15) is 18.8 Å². The topological polar surface area (TPSA) is 62.5 Å². The van der Waals surface area contributed by atoms with Crippen LogP contribution in [0, 0.1) is 0 Å². The number of rotatable bonds is 5. The third-order valence-corrected chi connectivity index (χ3v) is 2.39. The molecule has 5 nitrogen and oxygen atoms in total. The second kappa shape index (κ2) is 5.77. The molecule has 0 aromatic carbocycles. The van der Waals surface area contributed by atoms with Gasteiger partial charge in [-0.25, -0.2) is 0 Å². The number of hydrogen-bond donors (Lipinski definition) is 1. The molecule has 0 bridgehead atoms. The Morgan fingerprint density at radius 3 is 2.53 bits per heavy atom. The van der Waals surface area contributed by atoms with E-state index < -0.39 is 31.1 Å². The fourth-order valence-electron chi connectivity index (χ4n) is 1.59. The van der Waals surface area contributed by atoms with E-state index in [9.17, 15) is 22.8 Å². The van der Waals surface area contributed by atoms with Crippen LogP contribution in [-0.2, 0) is 11.3 Å². The van der Waals surface area contributed by atoms with Crippen LogP contribution in [-0.4, -0.2) is 45.7 Å². The highest BCUT2D eigenvalue weighted by atomic mass is 19.4. The van der Waals surface area contributed by atoms with E-state index in [2.05, 4.69) is 0 Å². The van der Waals surface area contributed by atoms with Gasteiger partial charge in [0, 0.05) is 12.7 Å². The number of carbonyl (C=O) groups is 2. The number of amides is 1. The molecule has 1 aromatic heterocycles. The Kier molecular flexibility index (Phi) is 4.57. The standard InChI is InChI=1S/C11H13F3N2O3/c1-2-15(6-9(17)18)10(19)8-4-3-5-16(8)7-11(12,13)14/h3-5H,2,6-7H2,1H3,(H,17,18). The molecule has 19 heavy (non-hydrogen) atoms. The fourth-order valence-corrected chi connectivity index (χ4v) is 1.59. The minimum absolute atomic E-state index is 0.0995. The van der Waals surface area contributed by atoms with Crippen LogP contribution >= 0.6 is 0 Å². The predicted molar refractivity (Wildman–Crippen MR) is 59.7 cm³/mol. The van der Waals surface area contributed by atoms with Crippen LogP contribution < -0.4 is 0 Å². The Balaban J connectivity index is 2.93. The van der Waals surface area contributed by atoms with Crippen LogP contribution in [0.4, 0.5) is 13.2 Å². The molecule has 1 heterocycles. The molecule has 0 aliphatic carbocycles. The van der Waals surface area contributed by atoms with Gasteiger partial charge < -0.3 is 14.6 Å². The highest BCUT2D eigenvalue weighted by Gasteiger charge is 2.30. The van der Waals surface area contributed by atoms with E-state index in [1.165, 1.54) is 12.1 Å². The van der Waals surface area contributed by atoms with Crippen LogP contribution in [0.15, 0.2) is 18.3 Å². The van der Waals surface area contributed by atoms with Crippen LogP contribution in [0.25, 0.3) is 0 Å². The first-order valence-corrected chi connectivity index (χ1v) is 5.47. The number of nitrogens with zero attached hydrogens (tertiary/aromatic N) is 2. The molecule has 8 heteroatoms. The summed E-state index contributed by atoms with van der Waals surface area (Å²) in [6, 6.07) is 2.55. The summed E-state index contributed by atoms with van der Waals surface area (Å²) in [5.41, 5.74) is -0.180. The summed E-state index contributed by atoms with van der Waals surface area (Å²) < 4.78 is 37.7. The maximum atomic E-state index is 12.3. The molecule has 0 unspecified atom stereocenters. The molecule has 1 rings (SSSR count). The number of alkyl halides is 3. The highest BCUT2D eigenvalue weighted by Crippen LogP contribution is 2.19. The normalized spacial score (nSPS) is 11.4. The van der Waals surface area contributed by atoms with Gasteiger partial charge in [-0.05, 0) is 19.1 Å². The second-order valence-electron chi connectivity index (χ2n) is 3.85. The molecule has 0 aliphatic rings. The summed E-state index contributed by atoms with van der Waals surface area (Å²) in [6.07, 6.45) is -3.31. The van der Waals surface area contributed by atoms with E-state index in [1.54, 1.807) is 6.92 Å². The van der Waals surface area contributed by atoms with Crippen LogP contribution in [0.5, 0.6) is 0 Å². The van der Waals surface area contributed by atoms with Gasteiger partial charge in [-0.15, -0.1) is 0 Å². The average Bonchev–Trinajstić information content (AvgIpc) is 2.70. The lowest BCUT2D eigenvalue weighted by Gasteiger charge is -2.20. The van der Waals surface area contributed by atoms with Crippen molar-refractivity contribution >= 4 is 11.9 Å². The second-order valence-corrected chi connectivity index (χ2v) is 3.85. The first kappa shape index (κ1) is 15.1. The number of aliphatic carboxylic acids is 1. The van der Waals surface area contributed by atoms with Crippen molar-refractivity contribution in [2.24, 2.45) is 0 Å². The Labute approximate surface area is 107 Å². The maximum Gasteiger partial charge on any atom is 0.406 e. The first-order valence-electron chi connectivity index (χ1n) is 5.47. The number of carboxylic acid groups (broad SMARTS) is 1. The van der Waals surface area contributed by atoms with Crippen molar-refractivity contribution in [1.29, 1.82) is 0 Å². The zero-order valence-corrected chi connectivity index (χ0v) is 10.1. The molecular formula is C11H13F3N2O3. The Hall–Kier alpha value is -1.99. The van der Waals surface area contributed by atoms with Gasteiger partial charge in [-0.2, -0.15) is 13.2 Å². The Morgan fingerprint density at radius 2 is 2.05 bits per heavy atom. The lowest BCUT2D eigenvalue weighted by molar-refractivity contribution is -0.141. The molecule has 0 aliphatic heterocycles. The molecule has 1 aromatic rings. The molecule has 1 amide bonds. The molecule has 0 radical (unpaired) electrons. The largest absolute Gasteiger partial charge is 0.480 e. The summed E-state index contributed by atoms with van der Waals surface area (Å²) >= 11 is 0. The van der Waals surface area contributed by atoms with Crippen molar-refractivity contribution in [3.63, 3.8) is 0 Å². The summed E-state index contributed by atoms with van der Waals surface area (Å²) in [5.74, 6) is -1.96. The van der Waals surface area contributed by atoms with Crippen molar-refractivity contribution in [2.75, 3.05) is 13.1 Å². The van der Waals surface area contributed by atoms with E-state index in [-0.39, 0.29) is 12.2 Å². The minimum Gasteiger partial charge on any atom is -0.480 e. The van der Waals surface area contributed by atoms with Crippen molar-refractivity contribution < 1.29 is 27.9 Å². The lowest BCUT2D eigenvalue weighted by Crippen LogP contribution is -2.37. The third-order valence-electron chi connectivity index (χ3n) is 2.39. The van der Waals surface area contributed by atoms with Crippen LogP contribution in [0.2, 0.25) is 0 Å². The summed E-state index contributed by atoms with van der Waals surface area (Å²) in [7, 11) is 0. The Morgan fingerprint density at radius 1 is 1.42 bits per heavy atom. The third kappa shape index (κ3) is 4.31. The smallest absolute Gasteiger partial charge is 0.406 e. The minimum atomic E-state index is -4.45. The van der Waals surface area contributed by atoms with Gasteiger partial charge in [-0.3, -0.25) is 9.59 Å². The number of halogens is 3. The van der Waals surface area contributed by atoms with Crippen molar-refractivity contribution in [2.45, 2.75) is 19.6 Å². The van der Waals surface area contributed by atoms with Gasteiger partial charge in [-0.1, -0.05) is 0 Å². The van der Waals surface area contributed by atoms with Gasteiger partial charge in [0.15, 0.2) is 0 Å². The molecule has 1 N–H and O–H groups in total. The summed E-state index contributed by atoms with van der Waals surface area (Å²) in [4.78, 5) is 23.5. The van der Waals surface area contributed by atoms with E-state index in [1.807, 2.05) is 0 Å². The van der Waals surface area contributed by atoms with Gasteiger partial charge >= 0.3 is 12.1 Å². The monoisotopic (exact) mass is 278 g/mol. The SMILES string of the molecule is CCN(CC(=O)O)C(=O)c1cccn1CC(F)(F)F. The molecule has 0 saturated carbocycles. The highest BCUT2D eigenvalue weighted by molar-refractivity contribution is 5.94. The molecular weight excluding hydrogens is 265 g/mol. The van der Waals surface area contributed by atoms with Gasteiger partial charge in [0.05, 0.1) is 0 Å². The zero-order chi connectivity index (χ0) is 14.6. The molecule has 0 atom stereocenters. The van der Waals surface area contributed by atoms with Crippen LogP contribution in [0.1, 0.15) is 17.4 Å². The van der Waals surface area contributed by atoms with Crippen LogP contribution in [0.3, 0.4) is 0 Å². The lowest BCUT2D eigenvalue weighted by atomic mass is 10.3. The zero-order valence-electron chi connectivity index (χ0n) is 10.1. The number of likely N-dealkylation sites (N-methyl/N-ethyl adjacent to an activating group) is 1. The molecule has 106 valence electrons. The van der Waals surface area contributed by atoms with E-state index in [0.717, 1.165) is 15.7 Å². The fraction of sp³-hybridized carbons (Fsp3) is 0.455. The predicted octanol–water partition coefficient (Wildman–Crippen LogP) is 1.60. The molecule has 0 saturated heterocycles. The van der Waals surface area contributed by atoms with E-state index in [0.29, 0.717) is 0 Å². The number of carbonyl (C=O) groups excluding carboxylic acids is 1. The average molecular weight is 278 g/mol. The van der Waals surface area contributed by atoms with Gasteiger partial charge in [0.2, 0.25) is 0 Å². The van der Waals surface area contributed by atoms with Crippen molar-refractivity contribution in [3.8, 4) is 0 Å². The number of carboxylic acids is 1. The van der Waals surface area contributed by atoms with Gasteiger partial charge in [0.25, 0.3) is 5.91 Å². The first-order chi connectivity index (χ1) is 8.74. The summed E-state index contributed by atoms with van der Waals surface area (Å²) in [6.45, 7) is -0.182. The summed E-state index contributed by atoms with van der Waals surface area (Å²) in [5, 5.41) is 8.64. The van der Waals surface area contributed by atoms with E-state index in [4.69, 9.17) is 5.11 Å².